The van der Waals surface area contributed by atoms with E-state index in [0.29, 0.717) is 23.7 Å². The van der Waals surface area contributed by atoms with Crippen molar-refractivity contribution in [2.75, 3.05) is 11.4 Å². The zero-order valence-electron chi connectivity index (χ0n) is 13.3. The maximum atomic E-state index is 14.6. The highest BCUT2D eigenvalue weighted by Gasteiger charge is 2.30. The number of carboxylic acid groups (broad SMARTS) is 1. The van der Waals surface area contributed by atoms with Crippen molar-refractivity contribution < 1.29 is 19.1 Å². The van der Waals surface area contributed by atoms with E-state index >= 15 is 0 Å². The van der Waals surface area contributed by atoms with Crippen molar-refractivity contribution in [3.63, 3.8) is 0 Å². The number of hydrogen-bond acceptors (Lipinski definition) is 2. The van der Waals surface area contributed by atoms with Crippen molar-refractivity contribution in [3.05, 3.63) is 70.8 Å². The number of anilines is 1. The van der Waals surface area contributed by atoms with Crippen LogP contribution in [0.2, 0.25) is 0 Å². The van der Waals surface area contributed by atoms with E-state index in [1.54, 1.807) is 0 Å². The first-order valence-electron chi connectivity index (χ1n) is 7.82. The van der Waals surface area contributed by atoms with Gasteiger partial charge in [-0.3, -0.25) is 4.79 Å². The first-order chi connectivity index (χ1) is 12.0. The van der Waals surface area contributed by atoms with Crippen LogP contribution in [0.4, 0.5) is 15.8 Å². The molecule has 2 aromatic rings. The van der Waals surface area contributed by atoms with Gasteiger partial charge in [-0.1, -0.05) is 30.3 Å². The lowest BCUT2D eigenvalue weighted by atomic mass is 10.1. The molecule has 1 fully saturated rings. The summed E-state index contributed by atoms with van der Waals surface area (Å²) < 4.78 is 14.6. The van der Waals surface area contributed by atoms with E-state index in [1.807, 2.05) is 0 Å². The highest BCUT2D eigenvalue weighted by Crippen LogP contribution is 2.33. The van der Waals surface area contributed by atoms with Gasteiger partial charge in [-0.05, 0) is 30.9 Å². The zero-order chi connectivity index (χ0) is 18.0. The standard InChI is InChI=1S/C19H15FN2O3/c1-21-14-9-7-13(8-10-14)18(23)22(11-12-5-6-12)16-4-2-3-15(17(16)20)19(24)25/h2-4,7-10,12H,5-6,11H2,(H,24,25). The van der Waals surface area contributed by atoms with E-state index in [4.69, 9.17) is 11.7 Å². The predicted octanol–water partition coefficient (Wildman–Crippen LogP) is 4.13. The third-order valence-electron chi connectivity index (χ3n) is 4.13. The second-order valence-electron chi connectivity index (χ2n) is 5.96. The second kappa shape index (κ2) is 6.73. The van der Waals surface area contributed by atoms with Crippen LogP contribution in [0.1, 0.15) is 33.6 Å². The Balaban J connectivity index is 1.99. The van der Waals surface area contributed by atoms with Crippen molar-refractivity contribution in [1.29, 1.82) is 0 Å². The van der Waals surface area contributed by atoms with Gasteiger partial charge in [0.05, 0.1) is 17.8 Å². The number of carbonyl (C=O) groups excluding carboxylic acids is 1. The number of halogens is 1. The molecule has 1 aliphatic carbocycles. The summed E-state index contributed by atoms with van der Waals surface area (Å²) in [6, 6.07) is 10.1. The van der Waals surface area contributed by atoms with Crippen molar-refractivity contribution >= 4 is 23.3 Å². The molecule has 0 heterocycles. The quantitative estimate of drug-likeness (QED) is 0.834. The average Bonchev–Trinajstić information content (AvgIpc) is 3.43. The summed E-state index contributed by atoms with van der Waals surface area (Å²) in [4.78, 5) is 28.6. The molecule has 0 spiro atoms. The molecule has 2 aromatic carbocycles. The molecule has 126 valence electrons. The smallest absolute Gasteiger partial charge is 0.338 e. The topological polar surface area (TPSA) is 62.0 Å². The predicted molar refractivity (Wildman–Crippen MR) is 90.5 cm³/mol. The van der Waals surface area contributed by atoms with Gasteiger partial charge in [0.15, 0.2) is 11.5 Å². The van der Waals surface area contributed by atoms with Gasteiger partial charge in [-0.25, -0.2) is 14.0 Å². The first-order valence-corrected chi connectivity index (χ1v) is 7.82. The maximum absolute atomic E-state index is 14.6. The van der Waals surface area contributed by atoms with Gasteiger partial charge in [0.2, 0.25) is 0 Å². The highest BCUT2D eigenvalue weighted by molar-refractivity contribution is 6.07. The van der Waals surface area contributed by atoms with E-state index < -0.39 is 23.3 Å². The summed E-state index contributed by atoms with van der Waals surface area (Å²) in [5, 5.41) is 9.11. The maximum Gasteiger partial charge on any atom is 0.338 e. The summed E-state index contributed by atoms with van der Waals surface area (Å²) in [6.07, 6.45) is 1.92. The van der Waals surface area contributed by atoms with Gasteiger partial charge < -0.3 is 10.0 Å². The minimum absolute atomic E-state index is 0.0361. The monoisotopic (exact) mass is 338 g/mol. The largest absolute Gasteiger partial charge is 0.478 e. The molecule has 1 saturated carbocycles. The summed E-state index contributed by atoms with van der Waals surface area (Å²) in [7, 11) is 0. The molecule has 6 heteroatoms. The normalized spacial score (nSPS) is 13.1. The minimum Gasteiger partial charge on any atom is -0.478 e. The van der Waals surface area contributed by atoms with Gasteiger partial charge in [0.1, 0.15) is 0 Å². The van der Waals surface area contributed by atoms with Crippen LogP contribution in [0.3, 0.4) is 0 Å². The molecule has 25 heavy (non-hydrogen) atoms. The van der Waals surface area contributed by atoms with E-state index in [9.17, 15) is 14.0 Å². The molecular weight excluding hydrogens is 323 g/mol. The van der Waals surface area contributed by atoms with Crippen LogP contribution >= 0.6 is 0 Å². The fourth-order valence-electron chi connectivity index (χ4n) is 2.58. The van der Waals surface area contributed by atoms with Crippen LogP contribution in [0.25, 0.3) is 4.85 Å². The molecular formula is C19H15FN2O3. The number of aromatic carboxylic acids is 1. The van der Waals surface area contributed by atoms with E-state index in [0.717, 1.165) is 12.8 Å². The minimum atomic E-state index is -1.38. The van der Waals surface area contributed by atoms with Gasteiger partial charge in [0.25, 0.3) is 5.91 Å². The van der Waals surface area contributed by atoms with Crippen LogP contribution in [-0.2, 0) is 0 Å². The molecule has 0 saturated heterocycles. The summed E-state index contributed by atoms with van der Waals surface area (Å²) in [5.41, 5.74) is 0.234. The summed E-state index contributed by atoms with van der Waals surface area (Å²) >= 11 is 0. The molecule has 1 amide bonds. The van der Waals surface area contributed by atoms with Crippen molar-refractivity contribution in [3.8, 4) is 0 Å². The molecule has 1 aliphatic rings. The number of amides is 1. The summed E-state index contributed by atoms with van der Waals surface area (Å²) in [5.74, 6) is -2.41. The highest BCUT2D eigenvalue weighted by atomic mass is 19.1. The lowest BCUT2D eigenvalue weighted by Crippen LogP contribution is -2.34. The van der Waals surface area contributed by atoms with Crippen LogP contribution in [0.5, 0.6) is 0 Å². The lowest BCUT2D eigenvalue weighted by Gasteiger charge is -2.24. The number of hydrogen-bond donors (Lipinski definition) is 1. The van der Waals surface area contributed by atoms with Crippen molar-refractivity contribution in [1.82, 2.24) is 0 Å². The zero-order valence-corrected chi connectivity index (χ0v) is 13.3. The molecule has 1 N–H and O–H groups in total. The number of carboxylic acids is 1. The van der Waals surface area contributed by atoms with Crippen LogP contribution < -0.4 is 4.90 Å². The molecule has 0 aromatic heterocycles. The van der Waals surface area contributed by atoms with E-state index in [-0.39, 0.29) is 5.69 Å². The van der Waals surface area contributed by atoms with Gasteiger partial charge in [-0.15, -0.1) is 0 Å². The fraction of sp³-hybridized carbons (Fsp3) is 0.211. The molecule has 0 aliphatic heterocycles. The Kier molecular flexibility index (Phi) is 4.48. The third-order valence-corrected chi connectivity index (χ3v) is 4.13. The Hall–Kier alpha value is -3.20. The molecule has 0 atom stereocenters. The number of nitrogens with zero attached hydrogens (tertiary/aromatic N) is 2. The molecule has 5 nitrogen and oxygen atoms in total. The molecule has 0 unspecified atom stereocenters. The fourth-order valence-corrected chi connectivity index (χ4v) is 2.58. The Bertz CT molecular complexity index is 867. The van der Waals surface area contributed by atoms with Crippen LogP contribution in [0, 0.1) is 18.3 Å². The molecule has 0 bridgehead atoms. The lowest BCUT2D eigenvalue weighted by molar-refractivity contribution is 0.0691. The van der Waals surface area contributed by atoms with Crippen LogP contribution in [-0.4, -0.2) is 23.5 Å². The Labute approximate surface area is 144 Å². The van der Waals surface area contributed by atoms with Crippen molar-refractivity contribution in [2.24, 2.45) is 5.92 Å². The van der Waals surface area contributed by atoms with Crippen molar-refractivity contribution in [2.45, 2.75) is 12.8 Å². The SMILES string of the molecule is [C-]#[N+]c1ccc(C(=O)N(CC2CC2)c2cccc(C(=O)O)c2F)cc1. The van der Waals surface area contributed by atoms with Gasteiger partial charge in [-0.2, -0.15) is 0 Å². The van der Waals surface area contributed by atoms with E-state index in [1.165, 1.54) is 47.4 Å². The number of rotatable bonds is 5. The third kappa shape index (κ3) is 3.50. The Morgan fingerprint density at radius 2 is 1.88 bits per heavy atom. The number of carbonyl (C=O) groups is 2. The van der Waals surface area contributed by atoms with E-state index in [2.05, 4.69) is 4.85 Å². The number of benzene rings is 2. The van der Waals surface area contributed by atoms with Gasteiger partial charge in [0, 0.05) is 12.1 Å². The first kappa shape index (κ1) is 16.7. The van der Waals surface area contributed by atoms with Crippen LogP contribution in [0.15, 0.2) is 42.5 Å². The summed E-state index contributed by atoms with van der Waals surface area (Å²) in [6.45, 7) is 7.29. The Morgan fingerprint density at radius 1 is 1.20 bits per heavy atom. The average molecular weight is 338 g/mol. The molecule has 0 radical (unpaired) electrons. The Morgan fingerprint density at radius 3 is 2.44 bits per heavy atom. The van der Waals surface area contributed by atoms with Gasteiger partial charge >= 0.3 is 5.97 Å². The molecule has 3 rings (SSSR count). The second-order valence-corrected chi connectivity index (χ2v) is 5.96.